The quantitative estimate of drug-likeness (QED) is 0.930. The highest BCUT2D eigenvalue weighted by Crippen LogP contribution is 2.29. The Balaban J connectivity index is 1.95. The van der Waals surface area contributed by atoms with Gasteiger partial charge in [0.1, 0.15) is 5.82 Å². The first kappa shape index (κ1) is 13.2. The lowest BCUT2D eigenvalue weighted by atomic mass is 9.95. The molecule has 1 atom stereocenters. The van der Waals surface area contributed by atoms with Crippen molar-refractivity contribution < 1.29 is 0 Å². The fraction of sp³-hybridized carbons (Fsp3) is 0.600. The summed E-state index contributed by atoms with van der Waals surface area (Å²) in [6, 6.07) is 0. The summed E-state index contributed by atoms with van der Waals surface area (Å²) in [5.74, 6) is 3.42. The second-order valence-electron chi connectivity index (χ2n) is 5.88. The predicted octanol–water partition coefficient (Wildman–Crippen LogP) is 2.64. The fourth-order valence-corrected chi connectivity index (χ4v) is 2.92. The van der Waals surface area contributed by atoms with Crippen molar-refractivity contribution in [2.24, 2.45) is 11.8 Å². The summed E-state index contributed by atoms with van der Waals surface area (Å²) >= 11 is 0. The van der Waals surface area contributed by atoms with E-state index in [0.717, 1.165) is 48.8 Å². The van der Waals surface area contributed by atoms with E-state index in [1.54, 1.807) is 0 Å². The smallest absolute Gasteiger partial charge is 0.180 e. The third-order valence-electron chi connectivity index (χ3n) is 4.18. The lowest BCUT2D eigenvalue weighted by Gasteiger charge is -2.20. The molecule has 1 N–H and O–H groups in total. The second kappa shape index (κ2) is 5.31. The highest BCUT2D eigenvalue weighted by Gasteiger charge is 2.27. The molecular formula is C15H23N5. The molecule has 0 bridgehead atoms. The molecule has 0 aliphatic carbocycles. The van der Waals surface area contributed by atoms with E-state index in [1.165, 1.54) is 6.42 Å². The zero-order chi connectivity index (χ0) is 14.1. The van der Waals surface area contributed by atoms with Crippen LogP contribution in [0.4, 0.5) is 11.6 Å². The average Bonchev–Trinajstić information content (AvgIpc) is 3.07. The van der Waals surface area contributed by atoms with Gasteiger partial charge in [0.15, 0.2) is 11.5 Å². The van der Waals surface area contributed by atoms with Gasteiger partial charge in [0.25, 0.3) is 0 Å². The molecule has 5 nitrogen and oxygen atoms in total. The molecule has 108 valence electrons. The summed E-state index contributed by atoms with van der Waals surface area (Å²) in [7, 11) is 0. The van der Waals surface area contributed by atoms with Gasteiger partial charge in [-0.2, -0.15) is 0 Å². The number of nitrogens with zero attached hydrogens (tertiary/aromatic N) is 4. The van der Waals surface area contributed by atoms with E-state index in [2.05, 4.69) is 40.4 Å². The van der Waals surface area contributed by atoms with Crippen LogP contribution in [0.5, 0.6) is 0 Å². The molecule has 1 fully saturated rings. The summed E-state index contributed by atoms with van der Waals surface area (Å²) in [4.78, 5) is 11.6. The molecule has 1 aliphatic rings. The van der Waals surface area contributed by atoms with Gasteiger partial charge in [-0.25, -0.2) is 9.97 Å². The van der Waals surface area contributed by atoms with Crippen LogP contribution < -0.4 is 10.2 Å². The summed E-state index contributed by atoms with van der Waals surface area (Å²) in [5.41, 5.74) is 0.955. The summed E-state index contributed by atoms with van der Waals surface area (Å²) < 4.78 is 2.06. The Hall–Kier alpha value is -1.78. The standard InChI is InChI=1S/C15H23N5/c1-4-16-13-10-20-8-6-17-14(20)15(18-13)19-7-5-12(9-19)11(2)3/h6,8,10-12,16H,4-5,7,9H2,1-3H3. The lowest BCUT2D eigenvalue weighted by molar-refractivity contribution is 0.422. The third kappa shape index (κ3) is 2.32. The van der Waals surface area contributed by atoms with Crippen molar-refractivity contribution in [3.8, 4) is 0 Å². The van der Waals surface area contributed by atoms with Crippen LogP contribution in [0.25, 0.3) is 5.65 Å². The zero-order valence-corrected chi connectivity index (χ0v) is 12.5. The van der Waals surface area contributed by atoms with Crippen LogP contribution in [0.15, 0.2) is 18.6 Å². The van der Waals surface area contributed by atoms with Crippen molar-refractivity contribution in [3.63, 3.8) is 0 Å². The molecular weight excluding hydrogens is 250 g/mol. The van der Waals surface area contributed by atoms with E-state index in [1.807, 2.05) is 18.6 Å². The molecule has 0 saturated carbocycles. The first-order chi connectivity index (χ1) is 9.69. The Bertz CT molecular complexity index is 589. The van der Waals surface area contributed by atoms with Crippen LogP contribution in [0.1, 0.15) is 27.2 Å². The molecule has 0 radical (unpaired) electrons. The average molecular weight is 273 g/mol. The highest BCUT2D eigenvalue weighted by molar-refractivity contribution is 5.67. The minimum atomic E-state index is 0.729. The van der Waals surface area contributed by atoms with Crippen LogP contribution in [0.2, 0.25) is 0 Å². The third-order valence-corrected chi connectivity index (χ3v) is 4.18. The lowest BCUT2D eigenvalue weighted by Crippen LogP contribution is -2.23. The largest absolute Gasteiger partial charge is 0.369 e. The van der Waals surface area contributed by atoms with Crippen molar-refractivity contribution in [1.29, 1.82) is 0 Å². The Morgan fingerprint density at radius 3 is 3.00 bits per heavy atom. The van der Waals surface area contributed by atoms with Gasteiger partial charge in [-0.3, -0.25) is 0 Å². The minimum Gasteiger partial charge on any atom is -0.369 e. The van der Waals surface area contributed by atoms with Crippen LogP contribution in [-0.4, -0.2) is 34.0 Å². The van der Waals surface area contributed by atoms with Crippen molar-refractivity contribution in [1.82, 2.24) is 14.4 Å². The maximum absolute atomic E-state index is 4.77. The van der Waals surface area contributed by atoms with E-state index in [-0.39, 0.29) is 0 Å². The van der Waals surface area contributed by atoms with Gasteiger partial charge in [-0.15, -0.1) is 0 Å². The molecule has 2 aromatic rings. The van der Waals surface area contributed by atoms with Crippen LogP contribution in [0.3, 0.4) is 0 Å². The number of hydrogen-bond acceptors (Lipinski definition) is 4. The highest BCUT2D eigenvalue weighted by atomic mass is 15.3. The van der Waals surface area contributed by atoms with E-state index in [9.17, 15) is 0 Å². The van der Waals surface area contributed by atoms with Gasteiger partial charge >= 0.3 is 0 Å². The SMILES string of the molecule is CCNc1cn2ccnc2c(N2CCC(C(C)C)C2)n1. The number of hydrogen-bond donors (Lipinski definition) is 1. The van der Waals surface area contributed by atoms with Crippen molar-refractivity contribution in [3.05, 3.63) is 18.6 Å². The van der Waals surface area contributed by atoms with Gasteiger partial charge in [0.05, 0.1) is 6.20 Å². The molecule has 20 heavy (non-hydrogen) atoms. The van der Waals surface area contributed by atoms with Gasteiger partial charge in [0.2, 0.25) is 0 Å². The Morgan fingerprint density at radius 1 is 1.45 bits per heavy atom. The van der Waals surface area contributed by atoms with Crippen molar-refractivity contribution >= 4 is 17.3 Å². The minimum absolute atomic E-state index is 0.729. The van der Waals surface area contributed by atoms with Crippen LogP contribution >= 0.6 is 0 Å². The van der Waals surface area contributed by atoms with Crippen LogP contribution in [-0.2, 0) is 0 Å². The molecule has 1 aliphatic heterocycles. The van der Waals surface area contributed by atoms with Gasteiger partial charge in [-0.1, -0.05) is 13.8 Å². The molecule has 3 rings (SSSR count). The molecule has 5 heteroatoms. The van der Waals surface area contributed by atoms with Gasteiger partial charge in [0, 0.05) is 32.0 Å². The normalized spacial score (nSPS) is 19.2. The first-order valence-electron chi connectivity index (χ1n) is 7.51. The van der Waals surface area contributed by atoms with E-state index in [4.69, 9.17) is 4.98 Å². The number of nitrogens with one attached hydrogen (secondary N) is 1. The number of rotatable bonds is 4. The zero-order valence-electron chi connectivity index (χ0n) is 12.5. The Labute approximate surface area is 120 Å². The summed E-state index contributed by atoms with van der Waals surface area (Å²) in [5, 5.41) is 3.30. The Kier molecular flexibility index (Phi) is 3.51. The van der Waals surface area contributed by atoms with E-state index >= 15 is 0 Å². The monoisotopic (exact) mass is 273 g/mol. The molecule has 1 unspecified atom stereocenters. The topological polar surface area (TPSA) is 45.5 Å². The Morgan fingerprint density at radius 2 is 2.30 bits per heavy atom. The maximum Gasteiger partial charge on any atom is 0.180 e. The van der Waals surface area contributed by atoms with Gasteiger partial charge in [-0.05, 0) is 25.2 Å². The fourth-order valence-electron chi connectivity index (χ4n) is 2.92. The van der Waals surface area contributed by atoms with Crippen molar-refractivity contribution in [2.45, 2.75) is 27.2 Å². The van der Waals surface area contributed by atoms with Crippen LogP contribution in [0, 0.1) is 11.8 Å². The summed E-state index contributed by atoms with van der Waals surface area (Å²) in [6.45, 7) is 9.74. The molecule has 0 amide bonds. The number of aromatic nitrogens is 3. The van der Waals surface area contributed by atoms with Gasteiger partial charge < -0.3 is 14.6 Å². The summed E-state index contributed by atoms with van der Waals surface area (Å²) in [6.07, 6.45) is 7.08. The predicted molar refractivity (Wildman–Crippen MR) is 82.3 cm³/mol. The van der Waals surface area contributed by atoms with E-state index < -0.39 is 0 Å². The van der Waals surface area contributed by atoms with Crippen molar-refractivity contribution in [2.75, 3.05) is 29.9 Å². The second-order valence-corrected chi connectivity index (χ2v) is 5.88. The molecule has 0 aromatic carbocycles. The number of anilines is 2. The number of imidazole rings is 1. The molecule has 0 spiro atoms. The first-order valence-corrected chi connectivity index (χ1v) is 7.51. The molecule has 2 aromatic heterocycles. The van der Waals surface area contributed by atoms with E-state index in [0.29, 0.717) is 0 Å². The molecule has 3 heterocycles. The molecule has 1 saturated heterocycles. The number of fused-ring (bicyclic) bond motifs is 1. The maximum atomic E-state index is 4.77.